The van der Waals surface area contributed by atoms with E-state index in [0.29, 0.717) is 11.8 Å². The summed E-state index contributed by atoms with van der Waals surface area (Å²) in [5, 5.41) is 4.38. The van der Waals surface area contributed by atoms with Crippen molar-refractivity contribution in [3.05, 3.63) is 96.7 Å². The number of fused-ring (bicyclic) bond motifs is 1. The van der Waals surface area contributed by atoms with Gasteiger partial charge in [-0.05, 0) is 47.8 Å². The van der Waals surface area contributed by atoms with Crippen molar-refractivity contribution in [2.24, 2.45) is 0 Å². The number of anilines is 3. The highest BCUT2D eigenvalue weighted by molar-refractivity contribution is 7.99. The first-order valence-corrected chi connectivity index (χ1v) is 10.6. The van der Waals surface area contributed by atoms with E-state index in [0.717, 1.165) is 33.7 Å². The molecule has 0 aliphatic rings. The van der Waals surface area contributed by atoms with Crippen LogP contribution in [0.4, 0.5) is 17.4 Å². The summed E-state index contributed by atoms with van der Waals surface area (Å²) in [7, 11) is 0. The molecule has 0 spiro atoms. The molecule has 3 N–H and O–H groups in total. The molecule has 30 heavy (non-hydrogen) atoms. The van der Waals surface area contributed by atoms with Crippen molar-refractivity contribution in [3.8, 4) is 11.5 Å². The van der Waals surface area contributed by atoms with Crippen LogP contribution in [0.3, 0.4) is 0 Å². The van der Waals surface area contributed by atoms with Crippen molar-refractivity contribution in [3.63, 3.8) is 0 Å². The Morgan fingerprint density at radius 1 is 0.867 bits per heavy atom. The standard InChI is InChI=1S/C24H20N4OS/c1-2-7-17(8-3-1)16-30-28-20-11-6-10-19(14-20)26-24-25-15-23(29-24)22-13-18-9-4-5-12-21(18)27-22/h1-15,27-28H,16H2,(H,25,26). The number of aromatic nitrogens is 2. The summed E-state index contributed by atoms with van der Waals surface area (Å²) < 4.78 is 9.29. The van der Waals surface area contributed by atoms with E-state index in [2.05, 4.69) is 56.4 Å². The van der Waals surface area contributed by atoms with Gasteiger partial charge in [-0.1, -0.05) is 54.6 Å². The summed E-state index contributed by atoms with van der Waals surface area (Å²) in [4.78, 5) is 7.73. The van der Waals surface area contributed by atoms with Gasteiger partial charge in [0.25, 0.3) is 6.01 Å². The van der Waals surface area contributed by atoms with Crippen LogP contribution in [0.5, 0.6) is 0 Å². The van der Waals surface area contributed by atoms with E-state index in [9.17, 15) is 0 Å². The van der Waals surface area contributed by atoms with Gasteiger partial charge in [-0.3, -0.25) is 0 Å². The Bertz CT molecular complexity index is 1230. The molecule has 0 fully saturated rings. The normalized spacial score (nSPS) is 10.9. The lowest BCUT2D eigenvalue weighted by atomic mass is 10.2. The van der Waals surface area contributed by atoms with Crippen molar-refractivity contribution in [2.45, 2.75) is 5.75 Å². The number of benzene rings is 3. The Hall–Kier alpha value is -3.64. The summed E-state index contributed by atoms with van der Waals surface area (Å²) >= 11 is 1.66. The molecule has 0 radical (unpaired) electrons. The third kappa shape index (κ3) is 4.18. The molecule has 0 amide bonds. The number of rotatable bonds is 7. The van der Waals surface area contributed by atoms with Crippen LogP contribution in [0.15, 0.2) is 95.5 Å². The predicted octanol–water partition coefficient (Wildman–Crippen LogP) is 6.83. The van der Waals surface area contributed by atoms with E-state index in [1.807, 2.05) is 48.5 Å². The summed E-state index contributed by atoms with van der Waals surface area (Å²) in [6.07, 6.45) is 1.73. The van der Waals surface area contributed by atoms with Crippen LogP contribution in [-0.2, 0) is 5.75 Å². The second-order valence-electron chi connectivity index (χ2n) is 6.88. The average Bonchev–Trinajstić information content (AvgIpc) is 3.42. The maximum absolute atomic E-state index is 5.90. The molecule has 0 unspecified atom stereocenters. The fourth-order valence-electron chi connectivity index (χ4n) is 3.22. The van der Waals surface area contributed by atoms with Crippen LogP contribution in [0.1, 0.15) is 5.56 Å². The Balaban J connectivity index is 1.24. The van der Waals surface area contributed by atoms with E-state index in [-0.39, 0.29) is 0 Å². The van der Waals surface area contributed by atoms with Crippen molar-refractivity contribution < 1.29 is 4.42 Å². The zero-order valence-corrected chi connectivity index (χ0v) is 16.9. The van der Waals surface area contributed by atoms with Crippen molar-refractivity contribution in [1.82, 2.24) is 9.97 Å². The van der Waals surface area contributed by atoms with E-state index in [4.69, 9.17) is 4.42 Å². The van der Waals surface area contributed by atoms with Crippen LogP contribution in [-0.4, -0.2) is 9.97 Å². The molecule has 0 aliphatic carbocycles. The summed E-state index contributed by atoms with van der Waals surface area (Å²) in [6, 6.07) is 29.1. The minimum atomic E-state index is 0.456. The van der Waals surface area contributed by atoms with Gasteiger partial charge < -0.3 is 19.4 Å². The van der Waals surface area contributed by atoms with Gasteiger partial charge in [-0.2, -0.15) is 0 Å². The van der Waals surface area contributed by atoms with Gasteiger partial charge in [0.05, 0.1) is 11.9 Å². The van der Waals surface area contributed by atoms with Gasteiger partial charge in [0.1, 0.15) is 0 Å². The molecule has 5 rings (SSSR count). The number of H-pyrrole nitrogens is 1. The monoisotopic (exact) mass is 412 g/mol. The molecule has 0 atom stereocenters. The second-order valence-corrected chi connectivity index (χ2v) is 7.66. The summed E-state index contributed by atoms with van der Waals surface area (Å²) in [5.74, 6) is 1.59. The van der Waals surface area contributed by atoms with Crippen LogP contribution in [0.25, 0.3) is 22.4 Å². The highest BCUT2D eigenvalue weighted by atomic mass is 32.2. The highest BCUT2D eigenvalue weighted by Gasteiger charge is 2.10. The van der Waals surface area contributed by atoms with Crippen molar-refractivity contribution in [1.29, 1.82) is 0 Å². The van der Waals surface area contributed by atoms with Gasteiger partial charge in [0.2, 0.25) is 0 Å². The number of nitrogens with one attached hydrogen (secondary N) is 3. The number of oxazole rings is 1. The van der Waals surface area contributed by atoms with E-state index in [1.54, 1.807) is 18.1 Å². The summed E-state index contributed by atoms with van der Waals surface area (Å²) in [5.41, 5.74) is 5.19. The fourth-order valence-corrected chi connectivity index (χ4v) is 3.95. The van der Waals surface area contributed by atoms with Gasteiger partial charge in [0, 0.05) is 28.0 Å². The first kappa shape index (κ1) is 18.4. The molecular weight excluding hydrogens is 392 g/mol. The van der Waals surface area contributed by atoms with Gasteiger partial charge in [-0.25, -0.2) is 4.98 Å². The molecule has 2 heterocycles. The van der Waals surface area contributed by atoms with E-state index < -0.39 is 0 Å². The molecule has 0 bridgehead atoms. The van der Waals surface area contributed by atoms with Crippen LogP contribution < -0.4 is 10.0 Å². The van der Waals surface area contributed by atoms with Gasteiger partial charge >= 0.3 is 0 Å². The highest BCUT2D eigenvalue weighted by Crippen LogP contribution is 2.28. The maximum Gasteiger partial charge on any atom is 0.299 e. The molecule has 0 saturated heterocycles. The van der Waals surface area contributed by atoms with Crippen LogP contribution in [0, 0.1) is 0 Å². The van der Waals surface area contributed by atoms with Crippen LogP contribution in [0.2, 0.25) is 0 Å². The largest absolute Gasteiger partial charge is 0.422 e. The number of nitrogens with zero attached hydrogens (tertiary/aromatic N) is 1. The molecule has 0 saturated carbocycles. The minimum Gasteiger partial charge on any atom is -0.422 e. The Labute approximate surface area is 178 Å². The Morgan fingerprint density at radius 3 is 2.60 bits per heavy atom. The van der Waals surface area contributed by atoms with Gasteiger partial charge in [0.15, 0.2) is 5.76 Å². The van der Waals surface area contributed by atoms with Crippen molar-refractivity contribution >= 4 is 40.2 Å². The fraction of sp³-hybridized carbons (Fsp3) is 0.0417. The SMILES string of the molecule is c1ccc(CSNc2cccc(Nc3ncc(-c4cc5ccccc5[nH]4)o3)c2)cc1. The molecule has 3 aromatic carbocycles. The predicted molar refractivity (Wildman–Crippen MR) is 125 cm³/mol. The summed E-state index contributed by atoms with van der Waals surface area (Å²) in [6.45, 7) is 0. The molecule has 5 nitrogen and oxygen atoms in total. The maximum atomic E-state index is 5.90. The van der Waals surface area contributed by atoms with Crippen molar-refractivity contribution in [2.75, 3.05) is 10.0 Å². The quantitative estimate of drug-likeness (QED) is 0.256. The second kappa shape index (κ2) is 8.39. The average molecular weight is 413 g/mol. The molecule has 6 heteroatoms. The van der Waals surface area contributed by atoms with Gasteiger partial charge in [-0.15, -0.1) is 0 Å². The first-order valence-electron chi connectivity index (χ1n) is 9.66. The third-order valence-corrected chi connectivity index (χ3v) is 5.54. The zero-order valence-electron chi connectivity index (χ0n) is 16.1. The zero-order chi connectivity index (χ0) is 20.2. The molecular formula is C24H20N4OS. The molecule has 2 aromatic heterocycles. The lowest BCUT2D eigenvalue weighted by Crippen LogP contribution is -1.93. The number of hydrogen-bond acceptors (Lipinski definition) is 5. The minimum absolute atomic E-state index is 0.456. The Kier molecular flexibility index (Phi) is 5.14. The molecule has 0 aliphatic heterocycles. The van der Waals surface area contributed by atoms with E-state index >= 15 is 0 Å². The first-order chi connectivity index (χ1) is 14.8. The topological polar surface area (TPSA) is 65.9 Å². The lowest BCUT2D eigenvalue weighted by Gasteiger charge is -2.08. The van der Waals surface area contributed by atoms with Crippen LogP contribution >= 0.6 is 11.9 Å². The lowest BCUT2D eigenvalue weighted by molar-refractivity contribution is 0.590. The van der Waals surface area contributed by atoms with E-state index in [1.165, 1.54) is 5.56 Å². The number of aromatic amines is 1. The molecule has 5 aromatic rings. The number of para-hydroxylation sites is 1. The smallest absolute Gasteiger partial charge is 0.299 e. The Morgan fingerprint density at radius 2 is 1.70 bits per heavy atom. The number of hydrogen-bond donors (Lipinski definition) is 3. The third-order valence-electron chi connectivity index (χ3n) is 4.69. The molecule has 148 valence electrons.